The zero-order valence-corrected chi connectivity index (χ0v) is 18.8. The first-order chi connectivity index (χ1) is 12.9. The predicted molar refractivity (Wildman–Crippen MR) is 126 cm³/mol. The van der Waals surface area contributed by atoms with Gasteiger partial charge in [-0.25, -0.2) is 0 Å². The first-order valence-corrected chi connectivity index (χ1v) is 9.79. The minimum absolute atomic E-state index is 0. The Morgan fingerprint density at radius 1 is 0.643 bits per heavy atom. The number of benzene rings is 4. The van der Waals surface area contributed by atoms with E-state index in [1.54, 1.807) is 0 Å². The third-order valence-corrected chi connectivity index (χ3v) is 6.18. The molecule has 0 fully saturated rings. The normalized spacial score (nSPS) is 14.9. The van der Waals surface area contributed by atoms with E-state index in [0.717, 1.165) is 17.6 Å². The molecule has 0 N–H and O–H groups in total. The minimum Gasteiger partial charge on any atom is -0.321 e. The number of halogens is 1. The molecule has 0 atom stereocenters. The van der Waals surface area contributed by atoms with E-state index in [1.807, 2.05) is 0 Å². The molecule has 1 aliphatic rings. The molecule has 0 radical (unpaired) electrons. The number of aryl methyl sites for hydroxylation is 2. The Balaban J connectivity index is 0.00000192. The van der Waals surface area contributed by atoms with Crippen molar-refractivity contribution in [3.63, 3.8) is 0 Å². The highest BCUT2D eigenvalue weighted by Gasteiger charge is 2.30. The molecule has 1 nitrogen and oxygen atoms in total. The lowest BCUT2D eigenvalue weighted by Gasteiger charge is -2.29. The summed E-state index contributed by atoms with van der Waals surface area (Å²) in [4.78, 5) is 0. The average Bonchev–Trinajstić information content (AvgIpc) is 2.76. The Kier molecular flexibility index (Phi) is 4.60. The van der Waals surface area contributed by atoms with Crippen LogP contribution in [0.15, 0.2) is 60.7 Å². The van der Waals surface area contributed by atoms with E-state index in [1.165, 1.54) is 54.9 Å². The second-order valence-corrected chi connectivity index (χ2v) is 8.79. The summed E-state index contributed by atoms with van der Waals surface area (Å²) in [6.45, 7) is 6.70. The van der Waals surface area contributed by atoms with Gasteiger partial charge in [-0.1, -0.05) is 60.7 Å². The van der Waals surface area contributed by atoms with E-state index in [0.29, 0.717) is 0 Å². The Labute approximate surface area is 178 Å². The van der Waals surface area contributed by atoms with Crippen LogP contribution < -0.4 is 0 Å². The van der Waals surface area contributed by atoms with Gasteiger partial charge in [0.05, 0.1) is 14.1 Å². The molecule has 5 rings (SSSR count). The molecule has 0 spiro atoms. The number of fused-ring (bicyclic) bond motifs is 7. The van der Waals surface area contributed by atoms with Crippen LogP contribution in [0.1, 0.15) is 22.3 Å². The van der Waals surface area contributed by atoms with Gasteiger partial charge in [0.15, 0.2) is 0 Å². The lowest BCUT2D eigenvalue weighted by molar-refractivity contribution is -0.916. The van der Waals surface area contributed by atoms with Crippen LogP contribution in [0.3, 0.4) is 0 Å². The molecule has 142 valence electrons. The Hall–Kier alpha value is -2.16. The Morgan fingerprint density at radius 3 is 1.46 bits per heavy atom. The number of hydrogen-bond donors (Lipinski definition) is 0. The predicted octanol–water partition coefficient (Wildman–Crippen LogP) is 6.94. The smallest absolute Gasteiger partial charge is 0.105 e. The van der Waals surface area contributed by atoms with Gasteiger partial charge >= 0.3 is 0 Å². The van der Waals surface area contributed by atoms with Crippen LogP contribution in [-0.2, 0) is 13.1 Å². The lowest BCUT2D eigenvalue weighted by atomic mass is 9.85. The van der Waals surface area contributed by atoms with Gasteiger partial charge < -0.3 is 4.48 Å². The van der Waals surface area contributed by atoms with Gasteiger partial charge in [-0.2, -0.15) is 0 Å². The number of hydrogen-bond acceptors (Lipinski definition) is 0. The maximum Gasteiger partial charge on any atom is 0.105 e. The molecule has 0 saturated heterocycles. The zero-order chi connectivity index (χ0) is 18.8. The molecule has 0 aromatic heterocycles. The van der Waals surface area contributed by atoms with E-state index in [9.17, 15) is 0 Å². The topological polar surface area (TPSA) is 0 Å². The maximum absolute atomic E-state index is 2.37. The summed E-state index contributed by atoms with van der Waals surface area (Å²) in [7, 11) is 4.73. The summed E-state index contributed by atoms with van der Waals surface area (Å²) in [5.41, 5.74) is 8.76. The monoisotopic (exact) mass is 432 g/mol. The maximum atomic E-state index is 2.37. The van der Waals surface area contributed by atoms with Crippen molar-refractivity contribution >= 4 is 38.5 Å². The summed E-state index contributed by atoms with van der Waals surface area (Å²) in [6, 6.07) is 22.5. The van der Waals surface area contributed by atoms with Crippen molar-refractivity contribution in [2.45, 2.75) is 26.9 Å². The molecule has 0 aliphatic carbocycles. The van der Waals surface area contributed by atoms with Gasteiger partial charge in [0, 0.05) is 11.1 Å². The largest absolute Gasteiger partial charge is 0.321 e. The quantitative estimate of drug-likeness (QED) is 0.264. The molecule has 1 heterocycles. The summed E-state index contributed by atoms with van der Waals surface area (Å²) in [5, 5.41) is 5.46. The molecular weight excluding hydrogens is 406 g/mol. The van der Waals surface area contributed by atoms with Gasteiger partial charge in [0.2, 0.25) is 0 Å². The first-order valence-electron chi connectivity index (χ1n) is 9.79. The van der Waals surface area contributed by atoms with Crippen LogP contribution >= 0.6 is 17.0 Å². The van der Waals surface area contributed by atoms with Crippen LogP contribution in [0.4, 0.5) is 0 Å². The van der Waals surface area contributed by atoms with Crippen LogP contribution in [0.2, 0.25) is 0 Å². The van der Waals surface area contributed by atoms with Gasteiger partial charge in [0.25, 0.3) is 0 Å². The summed E-state index contributed by atoms with van der Waals surface area (Å²) < 4.78 is 0.984. The van der Waals surface area contributed by atoms with Gasteiger partial charge in [-0.15, -0.1) is 17.0 Å². The van der Waals surface area contributed by atoms with Crippen molar-refractivity contribution in [2.24, 2.45) is 0 Å². The van der Waals surface area contributed by atoms with E-state index in [4.69, 9.17) is 0 Å². The van der Waals surface area contributed by atoms with Crippen LogP contribution in [0.25, 0.3) is 32.7 Å². The van der Waals surface area contributed by atoms with Crippen molar-refractivity contribution in [1.29, 1.82) is 0 Å². The number of rotatable bonds is 0. The molecule has 4 aromatic carbocycles. The highest BCUT2D eigenvalue weighted by molar-refractivity contribution is 8.93. The second kappa shape index (κ2) is 6.72. The fourth-order valence-electron chi connectivity index (χ4n) is 4.95. The fraction of sp³-hybridized carbons (Fsp3) is 0.231. The average molecular weight is 433 g/mol. The zero-order valence-electron chi connectivity index (χ0n) is 17.0. The molecule has 28 heavy (non-hydrogen) atoms. The summed E-state index contributed by atoms with van der Waals surface area (Å²) >= 11 is 0. The fourth-order valence-corrected chi connectivity index (χ4v) is 4.95. The highest BCUT2D eigenvalue weighted by atomic mass is 79.9. The van der Waals surface area contributed by atoms with Crippen LogP contribution in [0.5, 0.6) is 0 Å². The van der Waals surface area contributed by atoms with E-state index >= 15 is 0 Å². The van der Waals surface area contributed by atoms with Crippen molar-refractivity contribution in [3.8, 4) is 11.1 Å². The van der Waals surface area contributed by atoms with Gasteiger partial charge in [-0.3, -0.25) is 0 Å². The van der Waals surface area contributed by atoms with Gasteiger partial charge in [0.1, 0.15) is 13.1 Å². The molecule has 2 heteroatoms. The number of nitrogens with zero attached hydrogens (tertiary/aromatic N) is 1. The highest BCUT2D eigenvalue weighted by Crippen LogP contribution is 2.45. The summed E-state index contributed by atoms with van der Waals surface area (Å²) in [5.74, 6) is 0. The van der Waals surface area contributed by atoms with E-state index in [-0.39, 0.29) is 17.0 Å². The van der Waals surface area contributed by atoms with Crippen molar-refractivity contribution in [1.82, 2.24) is 0 Å². The molecule has 1 aliphatic heterocycles. The number of quaternary nitrogens is 1. The standard InChI is InChI=1S/C26H26N.BrH/c1-17-13-19-9-5-7-11-21(19)25-23(17)15-27(3,4)16-24-18(2)14-20-10-6-8-12-22(20)26(24)25;/h5-14H,15-16H2,1-4H3;1H/q+1;. The first kappa shape index (κ1) is 19.2. The van der Waals surface area contributed by atoms with E-state index in [2.05, 4.69) is 88.6 Å². The van der Waals surface area contributed by atoms with Crippen LogP contribution in [-0.4, -0.2) is 18.6 Å². The molecule has 4 aromatic rings. The molecule has 0 saturated carbocycles. The molecule has 0 bridgehead atoms. The minimum atomic E-state index is 0. The van der Waals surface area contributed by atoms with Crippen LogP contribution in [0, 0.1) is 13.8 Å². The Morgan fingerprint density at radius 2 is 1.04 bits per heavy atom. The SMILES string of the molecule is Br.Cc1cc2ccccc2c2c1C[N+](C)(C)Cc1c(C)cc3ccccc3c1-2. The van der Waals surface area contributed by atoms with E-state index < -0.39 is 0 Å². The molecular formula is C26H27BrN+. The van der Waals surface area contributed by atoms with Crippen molar-refractivity contribution < 1.29 is 4.48 Å². The van der Waals surface area contributed by atoms with Crippen molar-refractivity contribution in [3.05, 3.63) is 82.9 Å². The lowest BCUT2D eigenvalue weighted by Crippen LogP contribution is -2.37. The molecule has 0 unspecified atom stereocenters. The second-order valence-electron chi connectivity index (χ2n) is 8.79. The third-order valence-electron chi connectivity index (χ3n) is 6.18. The van der Waals surface area contributed by atoms with Crippen molar-refractivity contribution in [2.75, 3.05) is 14.1 Å². The summed E-state index contributed by atoms with van der Waals surface area (Å²) in [6.07, 6.45) is 0. The van der Waals surface area contributed by atoms with Gasteiger partial charge in [-0.05, 0) is 57.6 Å². The third kappa shape index (κ3) is 2.87. The molecule has 0 amide bonds. The Bertz CT molecular complexity index is 1120.